The van der Waals surface area contributed by atoms with Gasteiger partial charge in [-0.15, -0.1) is 0 Å². The zero-order valence-electron chi connectivity index (χ0n) is 12.8. The van der Waals surface area contributed by atoms with Gasteiger partial charge in [-0.1, -0.05) is 11.6 Å². The zero-order valence-corrected chi connectivity index (χ0v) is 12.8. The van der Waals surface area contributed by atoms with E-state index in [0.717, 1.165) is 18.7 Å². The lowest BCUT2D eigenvalue weighted by atomic mass is 10.0. The largest absolute Gasteiger partial charge is 0.472 e. The minimum Gasteiger partial charge on any atom is -0.472 e. The summed E-state index contributed by atoms with van der Waals surface area (Å²) in [6.45, 7) is 2.63. The highest BCUT2D eigenvalue weighted by molar-refractivity contribution is 5.51. The SMILES string of the molecule is c1cnn(C[C@H]2CCCCN2Cc2nc(-c3ccoc3)no2)c1. The molecule has 3 aromatic rings. The second-order valence-electron chi connectivity index (χ2n) is 5.87. The van der Waals surface area contributed by atoms with E-state index >= 15 is 0 Å². The summed E-state index contributed by atoms with van der Waals surface area (Å²) < 4.78 is 12.5. The van der Waals surface area contributed by atoms with Gasteiger partial charge in [0.15, 0.2) is 0 Å². The molecule has 0 bridgehead atoms. The molecular formula is C16H19N5O2. The molecule has 0 radical (unpaired) electrons. The number of piperidine rings is 1. The summed E-state index contributed by atoms with van der Waals surface area (Å²) in [6, 6.07) is 4.24. The zero-order chi connectivity index (χ0) is 15.5. The molecule has 23 heavy (non-hydrogen) atoms. The topological polar surface area (TPSA) is 73.1 Å². The molecule has 0 unspecified atom stereocenters. The van der Waals surface area contributed by atoms with Gasteiger partial charge in [0.25, 0.3) is 0 Å². The quantitative estimate of drug-likeness (QED) is 0.721. The molecule has 0 amide bonds. The van der Waals surface area contributed by atoms with Crippen molar-refractivity contribution < 1.29 is 8.94 Å². The van der Waals surface area contributed by atoms with Crippen molar-refractivity contribution in [3.63, 3.8) is 0 Å². The maximum absolute atomic E-state index is 5.41. The summed E-state index contributed by atoms with van der Waals surface area (Å²) in [5.41, 5.74) is 0.840. The average Bonchev–Trinajstić information content (AvgIpc) is 3.31. The van der Waals surface area contributed by atoms with Crippen LogP contribution in [-0.2, 0) is 13.1 Å². The molecule has 4 heterocycles. The summed E-state index contributed by atoms with van der Waals surface area (Å²) in [7, 11) is 0. The number of furan rings is 1. The van der Waals surface area contributed by atoms with Gasteiger partial charge in [-0.05, 0) is 31.5 Å². The van der Waals surface area contributed by atoms with E-state index in [1.807, 2.05) is 29.2 Å². The van der Waals surface area contributed by atoms with Gasteiger partial charge in [0, 0.05) is 18.4 Å². The van der Waals surface area contributed by atoms with Crippen molar-refractivity contribution in [2.45, 2.75) is 38.4 Å². The van der Waals surface area contributed by atoms with Crippen LogP contribution in [0.25, 0.3) is 11.4 Å². The molecule has 0 spiro atoms. The highest BCUT2D eigenvalue weighted by Crippen LogP contribution is 2.22. The number of hydrogen-bond donors (Lipinski definition) is 0. The van der Waals surface area contributed by atoms with Crippen LogP contribution in [0.4, 0.5) is 0 Å². The van der Waals surface area contributed by atoms with Crippen LogP contribution < -0.4 is 0 Å². The normalized spacial score (nSPS) is 19.2. The smallest absolute Gasteiger partial charge is 0.241 e. The predicted molar refractivity (Wildman–Crippen MR) is 82.3 cm³/mol. The fourth-order valence-electron chi connectivity index (χ4n) is 3.10. The van der Waals surface area contributed by atoms with Crippen LogP contribution in [0.2, 0.25) is 0 Å². The van der Waals surface area contributed by atoms with Crippen LogP contribution >= 0.6 is 0 Å². The lowest BCUT2D eigenvalue weighted by molar-refractivity contribution is 0.108. The van der Waals surface area contributed by atoms with Crippen molar-refractivity contribution in [1.82, 2.24) is 24.8 Å². The van der Waals surface area contributed by atoms with Crippen molar-refractivity contribution in [2.24, 2.45) is 0 Å². The summed E-state index contributed by atoms with van der Waals surface area (Å²) >= 11 is 0. The Morgan fingerprint density at radius 1 is 1.30 bits per heavy atom. The van der Waals surface area contributed by atoms with Crippen LogP contribution in [0, 0.1) is 0 Å². The molecule has 1 fully saturated rings. The minimum absolute atomic E-state index is 0.452. The summed E-state index contributed by atoms with van der Waals surface area (Å²) in [6.07, 6.45) is 10.7. The molecule has 1 saturated heterocycles. The Bertz CT molecular complexity index is 720. The van der Waals surface area contributed by atoms with E-state index in [4.69, 9.17) is 8.94 Å². The average molecular weight is 313 g/mol. The molecule has 7 heteroatoms. The number of likely N-dealkylation sites (tertiary alicyclic amines) is 1. The Kier molecular flexibility index (Phi) is 3.94. The Hall–Kier alpha value is -2.41. The summed E-state index contributed by atoms with van der Waals surface area (Å²) in [5, 5.41) is 8.35. The Labute approximate surface area is 133 Å². The number of rotatable bonds is 5. The second kappa shape index (κ2) is 6.37. The number of aromatic nitrogens is 4. The molecule has 7 nitrogen and oxygen atoms in total. The molecule has 1 aliphatic heterocycles. The van der Waals surface area contributed by atoms with Crippen molar-refractivity contribution >= 4 is 0 Å². The number of nitrogens with zero attached hydrogens (tertiary/aromatic N) is 5. The van der Waals surface area contributed by atoms with E-state index in [1.165, 1.54) is 19.3 Å². The fraction of sp³-hybridized carbons (Fsp3) is 0.438. The van der Waals surface area contributed by atoms with Gasteiger partial charge in [0.2, 0.25) is 11.7 Å². The van der Waals surface area contributed by atoms with E-state index < -0.39 is 0 Å². The third kappa shape index (κ3) is 3.19. The summed E-state index contributed by atoms with van der Waals surface area (Å²) in [4.78, 5) is 6.89. The van der Waals surface area contributed by atoms with Gasteiger partial charge in [-0.2, -0.15) is 10.1 Å². The molecule has 0 saturated carbocycles. The van der Waals surface area contributed by atoms with E-state index in [-0.39, 0.29) is 0 Å². The monoisotopic (exact) mass is 313 g/mol. The molecule has 0 N–H and O–H groups in total. The fourth-order valence-corrected chi connectivity index (χ4v) is 3.10. The third-order valence-corrected chi connectivity index (χ3v) is 4.29. The number of hydrogen-bond acceptors (Lipinski definition) is 6. The standard InChI is InChI=1S/C16H19N5O2/c1-2-7-20(14(4-1)10-21-8-3-6-17-21)11-15-18-16(19-23-15)13-5-9-22-12-13/h3,5-6,8-9,12,14H,1-2,4,7,10-11H2/t14-/m1/s1. The molecule has 1 atom stereocenters. The Balaban J connectivity index is 1.45. The molecule has 3 aromatic heterocycles. The molecule has 0 aromatic carbocycles. The van der Waals surface area contributed by atoms with Crippen molar-refractivity contribution in [1.29, 1.82) is 0 Å². The molecule has 120 valence electrons. The van der Waals surface area contributed by atoms with Crippen molar-refractivity contribution in [2.75, 3.05) is 6.54 Å². The van der Waals surface area contributed by atoms with Crippen molar-refractivity contribution in [3.05, 3.63) is 42.9 Å². The van der Waals surface area contributed by atoms with E-state index in [2.05, 4.69) is 20.1 Å². The first-order valence-electron chi connectivity index (χ1n) is 7.95. The first-order chi connectivity index (χ1) is 11.4. The van der Waals surface area contributed by atoms with Crippen LogP contribution in [0.3, 0.4) is 0 Å². The third-order valence-electron chi connectivity index (χ3n) is 4.29. The van der Waals surface area contributed by atoms with Gasteiger partial charge < -0.3 is 8.94 Å². The molecule has 0 aliphatic carbocycles. The van der Waals surface area contributed by atoms with Gasteiger partial charge in [-0.3, -0.25) is 9.58 Å². The predicted octanol–water partition coefficient (Wildman–Crippen LogP) is 2.58. The lowest BCUT2D eigenvalue weighted by Gasteiger charge is -2.34. The Morgan fingerprint density at radius 2 is 2.30 bits per heavy atom. The molecular weight excluding hydrogens is 294 g/mol. The second-order valence-corrected chi connectivity index (χ2v) is 5.87. The molecule has 1 aliphatic rings. The first kappa shape index (κ1) is 14.2. The van der Waals surface area contributed by atoms with E-state index in [9.17, 15) is 0 Å². The van der Waals surface area contributed by atoms with Gasteiger partial charge in [0.05, 0.1) is 24.9 Å². The van der Waals surface area contributed by atoms with Gasteiger partial charge in [-0.25, -0.2) is 0 Å². The lowest BCUT2D eigenvalue weighted by Crippen LogP contribution is -2.41. The van der Waals surface area contributed by atoms with Crippen LogP contribution in [0.5, 0.6) is 0 Å². The van der Waals surface area contributed by atoms with Gasteiger partial charge >= 0.3 is 0 Å². The minimum atomic E-state index is 0.452. The summed E-state index contributed by atoms with van der Waals surface area (Å²) in [5.74, 6) is 1.22. The van der Waals surface area contributed by atoms with E-state index in [1.54, 1.807) is 12.5 Å². The highest BCUT2D eigenvalue weighted by atomic mass is 16.5. The Morgan fingerprint density at radius 3 is 3.13 bits per heavy atom. The first-order valence-corrected chi connectivity index (χ1v) is 7.95. The van der Waals surface area contributed by atoms with Crippen molar-refractivity contribution in [3.8, 4) is 11.4 Å². The van der Waals surface area contributed by atoms with E-state index in [0.29, 0.717) is 24.3 Å². The molecule has 4 rings (SSSR count). The van der Waals surface area contributed by atoms with Crippen LogP contribution in [0.1, 0.15) is 25.2 Å². The highest BCUT2D eigenvalue weighted by Gasteiger charge is 2.25. The van der Waals surface area contributed by atoms with Crippen LogP contribution in [0.15, 0.2) is 46.0 Å². The van der Waals surface area contributed by atoms with Crippen LogP contribution in [-0.4, -0.2) is 37.4 Å². The maximum Gasteiger partial charge on any atom is 0.241 e. The maximum atomic E-state index is 5.41. The van der Waals surface area contributed by atoms with Gasteiger partial charge in [0.1, 0.15) is 6.26 Å².